The van der Waals surface area contributed by atoms with Gasteiger partial charge in [-0.25, -0.2) is 9.18 Å². The highest BCUT2D eigenvalue weighted by atomic mass is 19.1. The lowest BCUT2D eigenvalue weighted by molar-refractivity contribution is -0.148. The van der Waals surface area contributed by atoms with Crippen LogP contribution in [0, 0.1) is 5.82 Å². The largest absolute Gasteiger partial charge is 0.493 e. The summed E-state index contributed by atoms with van der Waals surface area (Å²) in [5.41, 5.74) is 0.605. The average Bonchev–Trinajstić information content (AvgIpc) is 2.72. The molecule has 8 heteroatoms. The summed E-state index contributed by atoms with van der Waals surface area (Å²) < 4.78 is 34.4. The third-order valence-corrected chi connectivity index (χ3v) is 3.89. The second-order valence-corrected chi connectivity index (χ2v) is 5.84. The van der Waals surface area contributed by atoms with Gasteiger partial charge in [0.15, 0.2) is 17.6 Å². The van der Waals surface area contributed by atoms with E-state index in [0.29, 0.717) is 22.8 Å². The lowest BCUT2D eigenvalue weighted by Gasteiger charge is -2.13. The average molecular weight is 403 g/mol. The molecule has 2 aromatic rings. The zero-order chi connectivity index (χ0) is 21.4. The van der Waals surface area contributed by atoms with Gasteiger partial charge in [-0.15, -0.1) is 0 Å². The third kappa shape index (κ3) is 5.71. The van der Waals surface area contributed by atoms with Crippen molar-refractivity contribution in [3.05, 3.63) is 53.9 Å². The molecule has 1 amide bonds. The van der Waals surface area contributed by atoms with Gasteiger partial charge in [0.2, 0.25) is 5.75 Å². The van der Waals surface area contributed by atoms with E-state index in [0.717, 1.165) is 6.08 Å². The van der Waals surface area contributed by atoms with E-state index in [9.17, 15) is 14.0 Å². The van der Waals surface area contributed by atoms with E-state index in [2.05, 4.69) is 5.32 Å². The predicted octanol–water partition coefficient (Wildman–Crippen LogP) is 3.44. The molecule has 2 rings (SSSR count). The van der Waals surface area contributed by atoms with Crippen LogP contribution < -0.4 is 19.5 Å². The molecular weight excluding hydrogens is 381 g/mol. The molecule has 2 aromatic carbocycles. The number of methoxy groups -OCH3 is 3. The van der Waals surface area contributed by atoms with Gasteiger partial charge in [-0.1, -0.05) is 12.1 Å². The number of rotatable bonds is 8. The number of carbonyl (C=O) groups is 2. The number of amides is 1. The highest BCUT2D eigenvalue weighted by Gasteiger charge is 2.18. The van der Waals surface area contributed by atoms with Gasteiger partial charge in [-0.3, -0.25) is 4.79 Å². The summed E-state index contributed by atoms with van der Waals surface area (Å²) in [4.78, 5) is 24.1. The fraction of sp³-hybridized carbons (Fsp3) is 0.238. The molecule has 0 spiro atoms. The Balaban J connectivity index is 2.03. The van der Waals surface area contributed by atoms with Crippen LogP contribution >= 0.6 is 0 Å². The Morgan fingerprint density at radius 2 is 1.66 bits per heavy atom. The maximum Gasteiger partial charge on any atom is 0.331 e. The van der Waals surface area contributed by atoms with Crippen molar-refractivity contribution in [2.45, 2.75) is 13.0 Å². The Morgan fingerprint density at radius 3 is 2.21 bits per heavy atom. The molecular formula is C21H22FNO6. The van der Waals surface area contributed by atoms with Crippen LogP contribution in [-0.2, 0) is 14.3 Å². The molecule has 0 aromatic heterocycles. The number of esters is 1. The maximum atomic E-state index is 13.6. The minimum Gasteiger partial charge on any atom is -0.493 e. The van der Waals surface area contributed by atoms with Crippen molar-refractivity contribution in [1.82, 2.24) is 0 Å². The predicted molar refractivity (Wildman–Crippen MR) is 106 cm³/mol. The van der Waals surface area contributed by atoms with Gasteiger partial charge < -0.3 is 24.3 Å². The Labute approximate surface area is 168 Å². The summed E-state index contributed by atoms with van der Waals surface area (Å²) in [6.45, 7) is 1.39. The number of carbonyl (C=O) groups excluding carboxylic acids is 2. The van der Waals surface area contributed by atoms with Crippen molar-refractivity contribution in [3.63, 3.8) is 0 Å². The Hall–Kier alpha value is -3.55. The molecule has 1 N–H and O–H groups in total. The zero-order valence-electron chi connectivity index (χ0n) is 16.5. The molecule has 0 aliphatic rings. The van der Waals surface area contributed by atoms with Gasteiger partial charge in [-0.2, -0.15) is 0 Å². The molecule has 1 atom stereocenters. The Kier molecular flexibility index (Phi) is 7.59. The van der Waals surface area contributed by atoms with Crippen LogP contribution in [0.1, 0.15) is 12.5 Å². The van der Waals surface area contributed by atoms with Crippen LogP contribution in [0.5, 0.6) is 17.2 Å². The van der Waals surface area contributed by atoms with Crippen LogP contribution in [0.2, 0.25) is 0 Å². The molecule has 0 heterocycles. The zero-order valence-corrected chi connectivity index (χ0v) is 16.5. The summed E-state index contributed by atoms with van der Waals surface area (Å²) in [6.07, 6.45) is 1.52. The summed E-state index contributed by atoms with van der Waals surface area (Å²) in [5, 5.41) is 2.37. The minimum absolute atomic E-state index is 0.00774. The van der Waals surface area contributed by atoms with Crippen molar-refractivity contribution in [3.8, 4) is 17.2 Å². The maximum absolute atomic E-state index is 13.6. The highest BCUT2D eigenvalue weighted by molar-refractivity contribution is 5.96. The lowest BCUT2D eigenvalue weighted by Crippen LogP contribution is -2.29. The first-order valence-corrected chi connectivity index (χ1v) is 8.63. The second-order valence-electron chi connectivity index (χ2n) is 5.84. The monoisotopic (exact) mass is 403 g/mol. The van der Waals surface area contributed by atoms with Gasteiger partial charge >= 0.3 is 5.97 Å². The fourth-order valence-corrected chi connectivity index (χ4v) is 2.43. The highest BCUT2D eigenvalue weighted by Crippen LogP contribution is 2.38. The number of hydrogen-bond donors (Lipinski definition) is 1. The number of anilines is 1. The SMILES string of the molecule is COc1cc(/C=C/C(=O)O[C@H](C)C(=O)Nc2ccccc2F)cc(OC)c1OC. The van der Waals surface area contributed by atoms with Crippen LogP contribution in [0.4, 0.5) is 10.1 Å². The number of benzene rings is 2. The molecule has 154 valence electrons. The molecule has 0 unspecified atom stereocenters. The van der Waals surface area contributed by atoms with Crippen LogP contribution in [0.15, 0.2) is 42.5 Å². The smallest absolute Gasteiger partial charge is 0.331 e. The van der Waals surface area contributed by atoms with Crippen molar-refractivity contribution >= 4 is 23.6 Å². The third-order valence-electron chi connectivity index (χ3n) is 3.89. The first-order valence-electron chi connectivity index (χ1n) is 8.63. The molecule has 0 saturated heterocycles. The summed E-state index contributed by atoms with van der Waals surface area (Å²) >= 11 is 0. The first-order chi connectivity index (χ1) is 13.9. The van der Waals surface area contributed by atoms with E-state index in [1.165, 1.54) is 52.5 Å². The molecule has 0 bridgehead atoms. The standard InChI is InChI=1S/C21H22FNO6/c1-13(21(25)23-16-8-6-5-7-15(16)22)29-19(24)10-9-14-11-17(26-2)20(28-4)18(12-14)27-3/h5-13H,1-4H3,(H,23,25)/b10-9+/t13-/m1/s1. The van der Waals surface area contributed by atoms with Gasteiger partial charge in [-0.05, 0) is 42.8 Å². The quantitative estimate of drug-likeness (QED) is 0.537. The van der Waals surface area contributed by atoms with Crippen molar-refractivity contribution in [2.24, 2.45) is 0 Å². The first kappa shape index (κ1) is 21.7. The van der Waals surface area contributed by atoms with E-state index in [1.54, 1.807) is 18.2 Å². The Bertz CT molecular complexity index is 887. The molecule has 0 saturated carbocycles. The van der Waals surface area contributed by atoms with Crippen molar-refractivity contribution in [2.75, 3.05) is 26.6 Å². The summed E-state index contributed by atoms with van der Waals surface area (Å²) in [7, 11) is 4.45. The van der Waals surface area contributed by atoms with Crippen LogP contribution in [0.3, 0.4) is 0 Å². The van der Waals surface area contributed by atoms with Gasteiger partial charge in [0.05, 0.1) is 27.0 Å². The molecule has 7 nitrogen and oxygen atoms in total. The minimum atomic E-state index is -1.12. The summed E-state index contributed by atoms with van der Waals surface area (Å²) in [6, 6.07) is 9.01. The number of halogens is 1. The lowest BCUT2D eigenvalue weighted by atomic mass is 10.1. The fourth-order valence-electron chi connectivity index (χ4n) is 2.43. The molecule has 0 aliphatic carbocycles. The molecule has 0 radical (unpaired) electrons. The van der Waals surface area contributed by atoms with E-state index < -0.39 is 23.8 Å². The van der Waals surface area contributed by atoms with Crippen molar-refractivity contribution in [1.29, 1.82) is 0 Å². The van der Waals surface area contributed by atoms with Crippen LogP contribution in [-0.4, -0.2) is 39.3 Å². The number of ether oxygens (including phenoxy) is 4. The number of nitrogens with one attached hydrogen (secondary N) is 1. The van der Waals surface area contributed by atoms with E-state index in [1.807, 2.05) is 0 Å². The van der Waals surface area contributed by atoms with Gasteiger partial charge in [0.25, 0.3) is 5.91 Å². The van der Waals surface area contributed by atoms with E-state index >= 15 is 0 Å². The van der Waals surface area contributed by atoms with Crippen LogP contribution in [0.25, 0.3) is 6.08 Å². The van der Waals surface area contributed by atoms with E-state index in [-0.39, 0.29) is 5.69 Å². The molecule has 29 heavy (non-hydrogen) atoms. The molecule has 0 fully saturated rings. The van der Waals surface area contributed by atoms with Crippen molar-refractivity contribution < 1.29 is 32.9 Å². The summed E-state index contributed by atoms with van der Waals surface area (Å²) in [5.74, 6) is -0.690. The topological polar surface area (TPSA) is 83.1 Å². The second kappa shape index (κ2) is 10.1. The molecule has 0 aliphatic heterocycles. The van der Waals surface area contributed by atoms with Gasteiger partial charge in [0, 0.05) is 6.08 Å². The number of hydrogen-bond acceptors (Lipinski definition) is 6. The normalized spacial score (nSPS) is 11.6. The number of para-hydroxylation sites is 1. The van der Waals surface area contributed by atoms with E-state index in [4.69, 9.17) is 18.9 Å². The van der Waals surface area contributed by atoms with Gasteiger partial charge in [0.1, 0.15) is 5.82 Å². The Morgan fingerprint density at radius 1 is 1.03 bits per heavy atom.